The van der Waals surface area contributed by atoms with E-state index >= 15 is 0 Å². The lowest BCUT2D eigenvalue weighted by Crippen LogP contribution is -2.18. The third kappa shape index (κ3) is 5.75. The van der Waals surface area contributed by atoms with Gasteiger partial charge in [0.05, 0.1) is 11.9 Å². The molecule has 1 amide bonds. The van der Waals surface area contributed by atoms with Crippen molar-refractivity contribution in [1.82, 2.24) is 0 Å². The Morgan fingerprint density at radius 2 is 1.86 bits per heavy atom. The Kier molecular flexibility index (Phi) is 5.22. The summed E-state index contributed by atoms with van der Waals surface area (Å²) in [7, 11) is -3.31. The Morgan fingerprint density at radius 3 is 2.52 bits per heavy atom. The highest BCUT2D eigenvalue weighted by atomic mass is 32.2. The Morgan fingerprint density at radius 1 is 1.19 bits per heavy atom. The summed E-state index contributed by atoms with van der Waals surface area (Å²) >= 11 is 0. The monoisotopic (exact) mass is 310 g/mol. The number of carbonyl (C=O) groups excluding carboxylic acids is 1. The van der Waals surface area contributed by atoms with Gasteiger partial charge in [0.1, 0.15) is 0 Å². The average molecular weight is 310 g/mol. The second-order valence-corrected chi connectivity index (χ2v) is 7.46. The second kappa shape index (κ2) is 6.93. The molecule has 0 unspecified atom stereocenters. The van der Waals surface area contributed by atoms with Gasteiger partial charge in [0.2, 0.25) is 15.9 Å². The van der Waals surface area contributed by atoms with Gasteiger partial charge in [0.15, 0.2) is 0 Å². The smallest absolute Gasteiger partial charge is 0.229 e. The van der Waals surface area contributed by atoms with Gasteiger partial charge in [-0.05, 0) is 37.0 Å². The highest BCUT2D eigenvalue weighted by Gasteiger charge is 2.17. The van der Waals surface area contributed by atoms with Crippen LogP contribution in [0.3, 0.4) is 0 Å². The van der Waals surface area contributed by atoms with Gasteiger partial charge in [0, 0.05) is 12.1 Å². The van der Waals surface area contributed by atoms with Crippen molar-refractivity contribution in [3.8, 4) is 0 Å². The zero-order valence-corrected chi connectivity index (χ0v) is 13.1. The van der Waals surface area contributed by atoms with E-state index < -0.39 is 10.0 Å². The Hall–Kier alpha value is -1.56. The molecule has 0 heterocycles. The van der Waals surface area contributed by atoms with Crippen LogP contribution in [-0.2, 0) is 14.8 Å². The molecule has 0 atom stereocenters. The molecule has 0 saturated heterocycles. The zero-order valence-electron chi connectivity index (χ0n) is 12.3. The molecule has 6 heteroatoms. The van der Waals surface area contributed by atoms with Crippen molar-refractivity contribution in [1.29, 1.82) is 0 Å². The summed E-state index contributed by atoms with van der Waals surface area (Å²) < 4.78 is 24.8. The van der Waals surface area contributed by atoms with Crippen molar-refractivity contribution in [3.05, 3.63) is 24.3 Å². The molecule has 1 fully saturated rings. The minimum Gasteiger partial charge on any atom is -0.326 e. The molecule has 0 aliphatic heterocycles. The largest absolute Gasteiger partial charge is 0.326 e. The topological polar surface area (TPSA) is 75.3 Å². The first-order valence-corrected chi connectivity index (χ1v) is 9.19. The van der Waals surface area contributed by atoms with Crippen molar-refractivity contribution < 1.29 is 13.2 Å². The predicted molar refractivity (Wildman–Crippen MR) is 84.7 cm³/mol. The lowest BCUT2D eigenvalue weighted by atomic mass is 9.87. The number of rotatable bonds is 5. The summed E-state index contributed by atoms with van der Waals surface area (Å²) in [5, 5.41) is 2.84. The summed E-state index contributed by atoms with van der Waals surface area (Å²) in [4.78, 5) is 12.0. The van der Waals surface area contributed by atoms with E-state index in [1.165, 1.54) is 19.3 Å². The molecule has 0 bridgehead atoms. The van der Waals surface area contributed by atoms with Gasteiger partial charge in [0.25, 0.3) is 0 Å². The van der Waals surface area contributed by atoms with Gasteiger partial charge in [-0.25, -0.2) is 8.42 Å². The van der Waals surface area contributed by atoms with Crippen LogP contribution in [0.15, 0.2) is 24.3 Å². The van der Waals surface area contributed by atoms with Crippen molar-refractivity contribution in [3.63, 3.8) is 0 Å². The van der Waals surface area contributed by atoms with Crippen molar-refractivity contribution in [2.24, 2.45) is 5.92 Å². The number of sulfonamides is 1. The number of benzene rings is 1. The van der Waals surface area contributed by atoms with Crippen LogP contribution in [0.5, 0.6) is 0 Å². The number of hydrogen-bond donors (Lipinski definition) is 2. The van der Waals surface area contributed by atoms with Crippen LogP contribution >= 0.6 is 0 Å². The van der Waals surface area contributed by atoms with Crippen LogP contribution in [0.1, 0.15) is 38.5 Å². The van der Waals surface area contributed by atoms with Crippen LogP contribution in [0.25, 0.3) is 0 Å². The summed E-state index contributed by atoms with van der Waals surface area (Å²) in [6, 6.07) is 6.74. The maximum atomic E-state index is 12.0. The molecular weight excluding hydrogens is 288 g/mol. The molecule has 0 spiro atoms. The maximum absolute atomic E-state index is 12.0. The van der Waals surface area contributed by atoms with Crippen molar-refractivity contribution in [2.75, 3.05) is 16.3 Å². The van der Waals surface area contributed by atoms with E-state index in [1.807, 2.05) is 0 Å². The lowest BCUT2D eigenvalue weighted by Gasteiger charge is -2.20. The molecule has 1 aromatic carbocycles. The minimum absolute atomic E-state index is 0.00148. The van der Waals surface area contributed by atoms with Gasteiger partial charge >= 0.3 is 0 Å². The third-order valence-electron chi connectivity index (χ3n) is 3.65. The van der Waals surface area contributed by atoms with Gasteiger partial charge in [-0.1, -0.05) is 25.3 Å². The van der Waals surface area contributed by atoms with Gasteiger partial charge in [-0.3, -0.25) is 9.52 Å². The van der Waals surface area contributed by atoms with E-state index in [-0.39, 0.29) is 5.91 Å². The molecule has 0 aromatic heterocycles. The molecule has 21 heavy (non-hydrogen) atoms. The fourth-order valence-electron chi connectivity index (χ4n) is 2.74. The van der Waals surface area contributed by atoms with E-state index in [1.54, 1.807) is 24.3 Å². The van der Waals surface area contributed by atoms with Crippen LogP contribution < -0.4 is 10.0 Å². The molecule has 1 aliphatic rings. The molecule has 1 saturated carbocycles. The minimum atomic E-state index is -3.31. The molecule has 2 rings (SSSR count). The standard InChI is InChI=1S/C15H22N2O3S/c1-21(19,20)17-14-9-5-8-13(11-14)16-15(18)10-12-6-3-2-4-7-12/h5,8-9,11-12,17H,2-4,6-7,10H2,1H3,(H,16,18). The Labute approximate surface area is 126 Å². The van der Waals surface area contributed by atoms with Gasteiger partial charge in [-0.15, -0.1) is 0 Å². The first-order valence-electron chi connectivity index (χ1n) is 7.30. The quantitative estimate of drug-likeness (QED) is 0.878. The van der Waals surface area contributed by atoms with Gasteiger partial charge in [-0.2, -0.15) is 0 Å². The van der Waals surface area contributed by atoms with Crippen LogP contribution in [0, 0.1) is 5.92 Å². The van der Waals surface area contributed by atoms with E-state index in [0.717, 1.165) is 19.1 Å². The molecule has 2 N–H and O–H groups in total. The fourth-order valence-corrected chi connectivity index (χ4v) is 3.30. The molecular formula is C15H22N2O3S. The number of nitrogens with one attached hydrogen (secondary N) is 2. The van der Waals surface area contributed by atoms with E-state index in [0.29, 0.717) is 23.7 Å². The Balaban J connectivity index is 1.92. The number of anilines is 2. The highest BCUT2D eigenvalue weighted by Crippen LogP contribution is 2.26. The normalized spacial score (nSPS) is 16.4. The SMILES string of the molecule is CS(=O)(=O)Nc1cccc(NC(=O)CC2CCCCC2)c1. The summed E-state index contributed by atoms with van der Waals surface area (Å²) in [5.74, 6) is 0.481. The van der Waals surface area contributed by atoms with Crippen molar-refractivity contribution in [2.45, 2.75) is 38.5 Å². The predicted octanol–water partition coefficient (Wildman–Crippen LogP) is 2.97. The first kappa shape index (κ1) is 15.8. The first-order chi connectivity index (χ1) is 9.92. The summed E-state index contributed by atoms with van der Waals surface area (Å²) in [5.41, 5.74) is 1.07. The van der Waals surface area contributed by atoms with E-state index in [4.69, 9.17) is 0 Å². The zero-order chi connectivity index (χ0) is 15.3. The van der Waals surface area contributed by atoms with Gasteiger partial charge < -0.3 is 5.32 Å². The molecule has 5 nitrogen and oxygen atoms in total. The third-order valence-corrected chi connectivity index (χ3v) is 4.25. The summed E-state index contributed by atoms with van der Waals surface area (Å²) in [6.07, 6.45) is 7.60. The second-order valence-electron chi connectivity index (χ2n) is 5.71. The number of amides is 1. The maximum Gasteiger partial charge on any atom is 0.229 e. The molecule has 1 aliphatic carbocycles. The average Bonchev–Trinajstić information content (AvgIpc) is 2.38. The fraction of sp³-hybridized carbons (Fsp3) is 0.533. The number of hydrogen-bond acceptors (Lipinski definition) is 3. The van der Waals surface area contributed by atoms with Crippen LogP contribution in [0.4, 0.5) is 11.4 Å². The molecule has 116 valence electrons. The summed E-state index contributed by atoms with van der Waals surface area (Å²) in [6.45, 7) is 0. The van der Waals surface area contributed by atoms with Crippen LogP contribution in [-0.4, -0.2) is 20.6 Å². The molecule has 1 aromatic rings. The van der Waals surface area contributed by atoms with Crippen LogP contribution in [0.2, 0.25) is 0 Å². The van der Waals surface area contributed by atoms with E-state index in [2.05, 4.69) is 10.0 Å². The van der Waals surface area contributed by atoms with Crippen molar-refractivity contribution >= 4 is 27.3 Å². The lowest BCUT2D eigenvalue weighted by molar-refractivity contribution is -0.117. The number of carbonyl (C=O) groups is 1. The highest BCUT2D eigenvalue weighted by molar-refractivity contribution is 7.92. The Bertz CT molecular complexity index is 593. The molecule has 0 radical (unpaired) electrons. The van der Waals surface area contributed by atoms with E-state index in [9.17, 15) is 13.2 Å².